The molecule has 1 aliphatic rings. The molecule has 3 aromatic carbocycles. The summed E-state index contributed by atoms with van der Waals surface area (Å²) < 4.78 is 5.82. The topological polar surface area (TPSA) is 43.4 Å². The average molecular weight is 372 g/mol. The highest BCUT2D eigenvalue weighted by Crippen LogP contribution is 2.46. The van der Waals surface area contributed by atoms with Gasteiger partial charge in [-0.25, -0.2) is 0 Å². The van der Waals surface area contributed by atoms with Crippen molar-refractivity contribution in [2.45, 2.75) is 38.5 Å². The number of esters is 1. The first kappa shape index (κ1) is 18.4. The van der Waals surface area contributed by atoms with Crippen molar-refractivity contribution in [3.8, 4) is 5.75 Å². The zero-order chi connectivity index (χ0) is 19.5. The maximum absolute atomic E-state index is 13.0. The van der Waals surface area contributed by atoms with Crippen LogP contribution in [0.5, 0.6) is 5.75 Å². The van der Waals surface area contributed by atoms with Gasteiger partial charge in [-0.1, -0.05) is 80.1 Å². The molecule has 0 amide bonds. The number of hydrogen-bond donors (Lipinski definition) is 0. The van der Waals surface area contributed by atoms with Gasteiger partial charge in [0.1, 0.15) is 11.5 Å². The summed E-state index contributed by atoms with van der Waals surface area (Å²) in [6.07, 6.45) is 2.58. The Balaban J connectivity index is 1.81. The zero-order valence-corrected chi connectivity index (χ0v) is 16.1. The minimum absolute atomic E-state index is 0.133. The fourth-order valence-corrected chi connectivity index (χ4v) is 4.14. The number of benzene rings is 3. The van der Waals surface area contributed by atoms with E-state index in [0.717, 1.165) is 34.7 Å². The molecule has 4 rings (SSSR count). The molecule has 1 heterocycles. The zero-order valence-electron chi connectivity index (χ0n) is 16.1. The van der Waals surface area contributed by atoms with Crippen LogP contribution in [0.25, 0.3) is 10.8 Å². The Kier molecular flexibility index (Phi) is 5.25. The first-order valence-corrected chi connectivity index (χ1v) is 9.99. The van der Waals surface area contributed by atoms with E-state index in [1.165, 1.54) is 0 Å². The number of unbranched alkanes of at least 4 members (excludes halogenated alkanes) is 1. The molecule has 28 heavy (non-hydrogen) atoms. The Labute approximate surface area is 165 Å². The summed E-state index contributed by atoms with van der Waals surface area (Å²) in [6, 6.07) is 22.0. The fraction of sp³-hybridized carbons (Fsp3) is 0.280. The van der Waals surface area contributed by atoms with E-state index in [9.17, 15) is 9.59 Å². The molecule has 0 N–H and O–H groups in total. The Bertz CT molecular complexity index is 1010. The highest BCUT2D eigenvalue weighted by atomic mass is 16.5. The second-order valence-electron chi connectivity index (χ2n) is 7.47. The van der Waals surface area contributed by atoms with Gasteiger partial charge in [0.05, 0.1) is 5.92 Å². The van der Waals surface area contributed by atoms with Crippen LogP contribution in [0.15, 0.2) is 66.7 Å². The molecule has 3 heteroatoms. The number of carbonyl (C=O) groups is 2. The van der Waals surface area contributed by atoms with Crippen molar-refractivity contribution >= 4 is 22.5 Å². The Hall–Kier alpha value is -2.94. The van der Waals surface area contributed by atoms with Crippen LogP contribution in [0.4, 0.5) is 0 Å². The Morgan fingerprint density at radius 2 is 1.71 bits per heavy atom. The molecule has 0 fully saturated rings. The summed E-state index contributed by atoms with van der Waals surface area (Å²) in [5.74, 6) is -0.196. The third kappa shape index (κ3) is 3.45. The standard InChI is InChI=1S/C25H24O3/c1-2-3-12-19(26)16-22-23(18-10-5-4-6-11-18)21-15-14-17-9-7-8-13-20(17)24(21)28-25(22)27/h4-11,13-15,22-23H,2-3,12,16H2,1H3/t22-,23-/m0/s1. The quantitative estimate of drug-likeness (QED) is 0.414. The van der Waals surface area contributed by atoms with E-state index in [0.29, 0.717) is 12.2 Å². The van der Waals surface area contributed by atoms with Gasteiger partial charge in [-0.15, -0.1) is 0 Å². The molecular weight excluding hydrogens is 348 g/mol. The maximum atomic E-state index is 13.0. The molecule has 142 valence electrons. The van der Waals surface area contributed by atoms with Crippen molar-refractivity contribution in [3.63, 3.8) is 0 Å². The van der Waals surface area contributed by atoms with E-state index >= 15 is 0 Å². The monoisotopic (exact) mass is 372 g/mol. The van der Waals surface area contributed by atoms with E-state index in [1.54, 1.807) is 0 Å². The van der Waals surface area contributed by atoms with Crippen molar-refractivity contribution in [3.05, 3.63) is 77.9 Å². The van der Waals surface area contributed by atoms with Crippen LogP contribution >= 0.6 is 0 Å². The molecule has 0 spiro atoms. The molecule has 1 aliphatic heterocycles. The normalized spacial score (nSPS) is 18.5. The lowest BCUT2D eigenvalue weighted by Crippen LogP contribution is -2.34. The van der Waals surface area contributed by atoms with Crippen LogP contribution in [0.3, 0.4) is 0 Å². The van der Waals surface area contributed by atoms with Gasteiger partial charge in [-0.2, -0.15) is 0 Å². The average Bonchev–Trinajstić information content (AvgIpc) is 2.73. The van der Waals surface area contributed by atoms with Gasteiger partial charge in [0.15, 0.2) is 0 Å². The minimum atomic E-state index is -0.486. The molecule has 2 atom stereocenters. The van der Waals surface area contributed by atoms with Crippen LogP contribution in [-0.4, -0.2) is 11.8 Å². The Morgan fingerprint density at radius 3 is 2.50 bits per heavy atom. The summed E-state index contributed by atoms with van der Waals surface area (Å²) in [5, 5.41) is 1.98. The summed E-state index contributed by atoms with van der Waals surface area (Å²) in [6.45, 7) is 2.07. The summed E-state index contributed by atoms with van der Waals surface area (Å²) in [5.41, 5.74) is 2.03. The highest BCUT2D eigenvalue weighted by Gasteiger charge is 2.40. The third-order valence-electron chi connectivity index (χ3n) is 5.57. The molecular formula is C25H24O3. The van der Waals surface area contributed by atoms with Gasteiger partial charge in [-0.3, -0.25) is 9.59 Å². The van der Waals surface area contributed by atoms with Crippen LogP contribution in [0.2, 0.25) is 0 Å². The lowest BCUT2D eigenvalue weighted by Gasteiger charge is -2.32. The van der Waals surface area contributed by atoms with Crippen molar-refractivity contribution in [1.29, 1.82) is 0 Å². The molecule has 0 unspecified atom stereocenters. The van der Waals surface area contributed by atoms with E-state index in [-0.39, 0.29) is 24.1 Å². The van der Waals surface area contributed by atoms with E-state index in [2.05, 4.69) is 13.0 Å². The van der Waals surface area contributed by atoms with Gasteiger partial charge < -0.3 is 4.74 Å². The predicted octanol–water partition coefficient (Wildman–Crippen LogP) is 5.66. The lowest BCUT2D eigenvalue weighted by atomic mass is 9.75. The van der Waals surface area contributed by atoms with Gasteiger partial charge >= 0.3 is 5.97 Å². The fourth-order valence-electron chi connectivity index (χ4n) is 4.14. The van der Waals surface area contributed by atoms with Gasteiger partial charge in [-0.05, 0) is 17.4 Å². The SMILES string of the molecule is CCCCC(=O)C[C@@H]1C(=O)Oc2c(ccc3ccccc23)[C@@H]1c1ccccc1. The summed E-state index contributed by atoms with van der Waals surface area (Å²) in [4.78, 5) is 25.5. The lowest BCUT2D eigenvalue weighted by molar-refractivity contribution is -0.143. The van der Waals surface area contributed by atoms with Crippen molar-refractivity contribution < 1.29 is 14.3 Å². The van der Waals surface area contributed by atoms with E-state index < -0.39 is 5.92 Å². The van der Waals surface area contributed by atoms with Crippen LogP contribution < -0.4 is 4.74 Å². The van der Waals surface area contributed by atoms with Gasteiger partial charge in [0.2, 0.25) is 0 Å². The molecule has 0 saturated heterocycles. The third-order valence-corrected chi connectivity index (χ3v) is 5.57. The van der Waals surface area contributed by atoms with Gasteiger partial charge in [0, 0.05) is 29.7 Å². The number of hydrogen-bond acceptors (Lipinski definition) is 3. The number of fused-ring (bicyclic) bond motifs is 3. The Morgan fingerprint density at radius 1 is 0.964 bits per heavy atom. The highest BCUT2D eigenvalue weighted by molar-refractivity contribution is 5.95. The smallest absolute Gasteiger partial charge is 0.315 e. The number of Topliss-reactive ketones (excluding diaryl/α,β-unsaturated/α-hetero) is 1. The number of rotatable bonds is 6. The number of ether oxygens (including phenoxy) is 1. The van der Waals surface area contributed by atoms with E-state index in [1.807, 2.05) is 60.7 Å². The van der Waals surface area contributed by atoms with E-state index in [4.69, 9.17) is 4.74 Å². The molecule has 3 nitrogen and oxygen atoms in total. The van der Waals surface area contributed by atoms with Crippen molar-refractivity contribution in [2.75, 3.05) is 0 Å². The molecule has 0 bridgehead atoms. The maximum Gasteiger partial charge on any atom is 0.315 e. The molecule has 3 aromatic rings. The second kappa shape index (κ2) is 7.97. The largest absolute Gasteiger partial charge is 0.425 e. The van der Waals surface area contributed by atoms with Crippen LogP contribution in [0, 0.1) is 5.92 Å². The first-order valence-electron chi connectivity index (χ1n) is 9.99. The molecule has 0 aliphatic carbocycles. The first-order chi connectivity index (χ1) is 13.7. The molecule has 0 radical (unpaired) electrons. The number of carbonyl (C=O) groups excluding carboxylic acids is 2. The summed E-state index contributed by atoms with van der Waals surface area (Å²) in [7, 11) is 0. The summed E-state index contributed by atoms with van der Waals surface area (Å²) >= 11 is 0. The molecule has 0 saturated carbocycles. The van der Waals surface area contributed by atoms with Gasteiger partial charge in [0.25, 0.3) is 0 Å². The van der Waals surface area contributed by atoms with Crippen LogP contribution in [-0.2, 0) is 9.59 Å². The number of ketones is 1. The predicted molar refractivity (Wildman–Crippen MR) is 111 cm³/mol. The van der Waals surface area contributed by atoms with Crippen molar-refractivity contribution in [2.24, 2.45) is 5.92 Å². The van der Waals surface area contributed by atoms with Crippen molar-refractivity contribution in [1.82, 2.24) is 0 Å². The second-order valence-corrected chi connectivity index (χ2v) is 7.47. The minimum Gasteiger partial charge on any atom is -0.425 e. The molecule has 0 aromatic heterocycles. The van der Waals surface area contributed by atoms with Crippen LogP contribution in [0.1, 0.15) is 49.7 Å².